The zero-order chi connectivity index (χ0) is 11.9. The Kier molecular flexibility index (Phi) is 2.51. The summed E-state index contributed by atoms with van der Waals surface area (Å²) in [5.74, 6) is -0.637. The Bertz CT molecular complexity index is 528. The molecule has 1 saturated carbocycles. The summed E-state index contributed by atoms with van der Waals surface area (Å²) in [4.78, 5) is 11.1. The van der Waals surface area contributed by atoms with Crippen LogP contribution in [-0.4, -0.2) is 18.9 Å². The van der Waals surface area contributed by atoms with E-state index in [0.717, 1.165) is 19.3 Å². The Morgan fingerprint density at radius 3 is 2.44 bits per heavy atom. The first kappa shape index (κ1) is 11.2. The van der Waals surface area contributed by atoms with Crippen LogP contribution >= 0.6 is 0 Å². The molecule has 1 aromatic rings. The largest absolute Gasteiger partial charge is 0.364 e. The van der Waals surface area contributed by atoms with Crippen molar-refractivity contribution in [2.45, 2.75) is 30.2 Å². The molecule has 0 aliphatic heterocycles. The van der Waals surface area contributed by atoms with Gasteiger partial charge in [0, 0.05) is 12.2 Å². The average molecular weight is 243 g/mol. The molecular formula is C9H13N3O3S. The van der Waals surface area contributed by atoms with Gasteiger partial charge in [-0.05, 0) is 25.3 Å². The van der Waals surface area contributed by atoms with Gasteiger partial charge in [0.05, 0.1) is 0 Å². The number of nitrogens with zero attached hydrogens (tertiary/aromatic N) is 1. The number of hydrogen-bond donors (Lipinski definition) is 2. The lowest BCUT2D eigenvalue weighted by molar-refractivity contribution is 0.0986. The molecule has 0 aromatic carbocycles. The summed E-state index contributed by atoms with van der Waals surface area (Å²) in [6, 6.07) is 1.40. The van der Waals surface area contributed by atoms with Gasteiger partial charge in [-0.3, -0.25) is 4.79 Å². The van der Waals surface area contributed by atoms with E-state index < -0.39 is 15.9 Å². The van der Waals surface area contributed by atoms with Crippen molar-refractivity contribution < 1.29 is 13.2 Å². The Morgan fingerprint density at radius 2 is 2.06 bits per heavy atom. The van der Waals surface area contributed by atoms with E-state index in [0.29, 0.717) is 0 Å². The quantitative estimate of drug-likeness (QED) is 0.777. The molecule has 1 fully saturated rings. The number of primary amides is 1. The fourth-order valence-electron chi connectivity index (χ4n) is 1.77. The maximum Gasteiger partial charge on any atom is 0.265 e. The lowest BCUT2D eigenvalue weighted by Crippen LogP contribution is -2.23. The predicted octanol–water partition coefficient (Wildman–Crippen LogP) is -0.0406. The van der Waals surface area contributed by atoms with Crippen molar-refractivity contribution in [3.8, 4) is 0 Å². The van der Waals surface area contributed by atoms with Crippen LogP contribution in [-0.2, 0) is 10.0 Å². The first-order valence-corrected chi connectivity index (χ1v) is 6.48. The summed E-state index contributed by atoms with van der Waals surface area (Å²) in [7, 11) is -3.78. The zero-order valence-corrected chi connectivity index (χ0v) is 9.40. The highest BCUT2D eigenvalue weighted by Crippen LogP contribution is 2.33. The monoisotopic (exact) mass is 243 g/mol. The lowest BCUT2D eigenvalue weighted by Gasteiger charge is -2.28. The molecule has 1 aliphatic carbocycles. The number of carbonyl (C=O) groups is 1. The lowest BCUT2D eigenvalue weighted by atomic mass is 9.93. The maximum atomic E-state index is 11.2. The molecule has 16 heavy (non-hydrogen) atoms. The number of rotatable bonds is 3. The molecule has 2 rings (SSSR count). The van der Waals surface area contributed by atoms with Crippen LogP contribution in [0.2, 0.25) is 0 Å². The van der Waals surface area contributed by atoms with Crippen molar-refractivity contribution in [2.24, 2.45) is 10.9 Å². The van der Waals surface area contributed by atoms with Crippen molar-refractivity contribution in [3.63, 3.8) is 0 Å². The van der Waals surface area contributed by atoms with Gasteiger partial charge in [0.15, 0.2) is 0 Å². The molecule has 1 aromatic heterocycles. The van der Waals surface area contributed by atoms with Crippen molar-refractivity contribution >= 4 is 15.9 Å². The van der Waals surface area contributed by atoms with Crippen LogP contribution < -0.4 is 10.9 Å². The van der Waals surface area contributed by atoms with Crippen molar-refractivity contribution in [2.75, 3.05) is 0 Å². The van der Waals surface area contributed by atoms with E-state index in [1.54, 1.807) is 4.57 Å². The van der Waals surface area contributed by atoms with Crippen LogP contribution in [0.25, 0.3) is 0 Å². The first-order chi connectivity index (χ1) is 7.39. The average Bonchev–Trinajstić information content (AvgIpc) is 2.44. The number of amides is 1. The first-order valence-electron chi connectivity index (χ1n) is 4.94. The predicted molar refractivity (Wildman–Crippen MR) is 57.2 cm³/mol. The number of sulfonamides is 1. The fourth-order valence-corrected chi connectivity index (χ4v) is 2.31. The molecule has 0 bridgehead atoms. The molecule has 88 valence electrons. The Morgan fingerprint density at radius 1 is 1.44 bits per heavy atom. The third-order valence-corrected chi connectivity index (χ3v) is 3.75. The van der Waals surface area contributed by atoms with Gasteiger partial charge in [0.25, 0.3) is 5.91 Å². The van der Waals surface area contributed by atoms with Crippen LogP contribution in [0.4, 0.5) is 0 Å². The number of hydrogen-bond acceptors (Lipinski definition) is 3. The van der Waals surface area contributed by atoms with E-state index in [2.05, 4.69) is 0 Å². The van der Waals surface area contributed by atoms with Gasteiger partial charge in [0.2, 0.25) is 10.0 Å². The number of primary sulfonamides is 1. The summed E-state index contributed by atoms with van der Waals surface area (Å²) >= 11 is 0. The summed E-state index contributed by atoms with van der Waals surface area (Å²) in [6.07, 6.45) is 4.32. The molecule has 1 heterocycles. The van der Waals surface area contributed by atoms with Gasteiger partial charge in [0.1, 0.15) is 10.6 Å². The van der Waals surface area contributed by atoms with Gasteiger partial charge < -0.3 is 10.3 Å². The highest BCUT2D eigenvalue weighted by atomic mass is 32.2. The standard InChI is InChI=1S/C9H13N3O3S/c10-9(13)8-4-7(16(11,14)15)5-12(8)6-2-1-3-6/h4-6H,1-3H2,(H2,10,13)(H2,11,14,15). The van der Waals surface area contributed by atoms with Crippen LogP contribution in [0.3, 0.4) is 0 Å². The minimum absolute atomic E-state index is 0.0619. The molecule has 1 aliphatic rings. The van der Waals surface area contributed by atoms with Crippen LogP contribution in [0.1, 0.15) is 35.8 Å². The second kappa shape index (κ2) is 3.60. The third kappa shape index (κ3) is 1.83. The van der Waals surface area contributed by atoms with E-state index in [4.69, 9.17) is 10.9 Å². The van der Waals surface area contributed by atoms with Crippen LogP contribution in [0.5, 0.6) is 0 Å². The van der Waals surface area contributed by atoms with Gasteiger partial charge in [-0.2, -0.15) is 0 Å². The van der Waals surface area contributed by atoms with Crippen LogP contribution in [0, 0.1) is 0 Å². The summed E-state index contributed by atoms with van der Waals surface area (Å²) in [5, 5.41) is 5.01. The van der Waals surface area contributed by atoms with Gasteiger partial charge in [-0.1, -0.05) is 0 Å². The summed E-state index contributed by atoms with van der Waals surface area (Å²) < 4.78 is 23.9. The fraction of sp³-hybridized carbons (Fsp3) is 0.444. The molecule has 4 N–H and O–H groups in total. The summed E-state index contributed by atoms with van der Waals surface area (Å²) in [6.45, 7) is 0. The van der Waals surface area contributed by atoms with Crippen molar-refractivity contribution in [1.29, 1.82) is 0 Å². The molecule has 0 radical (unpaired) electrons. The highest BCUT2D eigenvalue weighted by molar-refractivity contribution is 7.89. The smallest absolute Gasteiger partial charge is 0.265 e. The topological polar surface area (TPSA) is 108 Å². The molecule has 0 unspecified atom stereocenters. The minimum atomic E-state index is -3.78. The number of nitrogens with two attached hydrogens (primary N) is 2. The van der Waals surface area contributed by atoms with E-state index in [1.165, 1.54) is 12.3 Å². The molecule has 1 amide bonds. The molecule has 6 nitrogen and oxygen atoms in total. The Balaban J connectivity index is 2.49. The minimum Gasteiger partial charge on any atom is -0.364 e. The number of aromatic nitrogens is 1. The van der Waals surface area contributed by atoms with E-state index in [9.17, 15) is 13.2 Å². The highest BCUT2D eigenvalue weighted by Gasteiger charge is 2.25. The van der Waals surface area contributed by atoms with Crippen molar-refractivity contribution in [3.05, 3.63) is 18.0 Å². The number of carbonyl (C=O) groups excluding carboxylic acids is 1. The third-order valence-electron chi connectivity index (χ3n) is 2.87. The Labute approximate surface area is 93.3 Å². The van der Waals surface area contributed by atoms with Crippen molar-refractivity contribution in [1.82, 2.24) is 4.57 Å². The second-order valence-corrected chi connectivity index (χ2v) is 5.52. The summed E-state index contributed by atoms with van der Waals surface area (Å²) in [5.41, 5.74) is 5.39. The normalized spacial score (nSPS) is 17.1. The molecular weight excluding hydrogens is 230 g/mol. The van der Waals surface area contributed by atoms with Crippen LogP contribution in [0.15, 0.2) is 17.2 Å². The van der Waals surface area contributed by atoms with Gasteiger partial charge in [-0.25, -0.2) is 13.6 Å². The molecule has 0 saturated heterocycles. The van der Waals surface area contributed by atoms with E-state index in [-0.39, 0.29) is 16.6 Å². The van der Waals surface area contributed by atoms with E-state index in [1.807, 2.05) is 0 Å². The zero-order valence-electron chi connectivity index (χ0n) is 8.59. The SMILES string of the molecule is NC(=O)c1cc(S(N)(=O)=O)cn1C1CCC1. The van der Waals surface area contributed by atoms with Gasteiger partial charge in [-0.15, -0.1) is 0 Å². The maximum absolute atomic E-state index is 11.2. The Hall–Kier alpha value is -1.34. The molecule has 0 atom stereocenters. The van der Waals surface area contributed by atoms with E-state index >= 15 is 0 Å². The molecule has 7 heteroatoms. The molecule has 0 spiro atoms. The second-order valence-electron chi connectivity index (χ2n) is 3.96. The van der Waals surface area contributed by atoms with Gasteiger partial charge >= 0.3 is 0 Å².